The molecule has 2 aromatic rings. The number of rotatable bonds is 2. The second kappa shape index (κ2) is 9.11. The highest BCUT2D eigenvalue weighted by molar-refractivity contribution is 9.10. The largest absolute Gasteiger partial charge is 0.392 e. The van der Waals surface area contributed by atoms with Gasteiger partial charge < -0.3 is 5.11 Å². The van der Waals surface area contributed by atoms with E-state index in [0.717, 1.165) is 21.2 Å². The van der Waals surface area contributed by atoms with E-state index in [1.807, 2.05) is 13.0 Å². The van der Waals surface area contributed by atoms with Crippen LogP contribution in [-0.2, 0) is 11.9 Å². The number of halogens is 5. The molecular formula is C16H15Br3F2O. The van der Waals surface area contributed by atoms with Crippen molar-refractivity contribution in [3.63, 3.8) is 0 Å². The molecule has 0 fully saturated rings. The molecule has 0 saturated carbocycles. The number of aliphatic hydroxyl groups is 1. The lowest BCUT2D eigenvalue weighted by atomic mass is 10.1. The lowest BCUT2D eigenvalue weighted by Crippen LogP contribution is -1.93. The van der Waals surface area contributed by atoms with Gasteiger partial charge in [0.05, 0.1) is 6.61 Å². The Labute approximate surface area is 154 Å². The molecule has 1 N–H and O–H groups in total. The molecule has 1 nitrogen and oxygen atoms in total. The van der Waals surface area contributed by atoms with Gasteiger partial charge in [0.2, 0.25) is 0 Å². The van der Waals surface area contributed by atoms with E-state index < -0.39 is 0 Å². The fraction of sp³-hybridized carbons (Fsp3) is 0.250. The molecular weight excluding hydrogens is 486 g/mol. The van der Waals surface area contributed by atoms with Gasteiger partial charge in [-0.15, -0.1) is 0 Å². The smallest absolute Gasteiger partial charge is 0.130 e. The van der Waals surface area contributed by atoms with Crippen LogP contribution in [0, 0.1) is 25.5 Å². The average Bonchev–Trinajstić information content (AvgIpc) is 2.38. The van der Waals surface area contributed by atoms with Crippen LogP contribution >= 0.6 is 47.8 Å². The van der Waals surface area contributed by atoms with Gasteiger partial charge in [-0.05, 0) is 49.2 Å². The van der Waals surface area contributed by atoms with Crippen LogP contribution in [0.4, 0.5) is 8.78 Å². The lowest BCUT2D eigenvalue weighted by molar-refractivity contribution is 0.275. The molecule has 0 unspecified atom stereocenters. The van der Waals surface area contributed by atoms with Crippen LogP contribution in [0.3, 0.4) is 0 Å². The van der Waals surface area contributed by atoms with Crippen molar-refractivity contribution in [1.82, 2.24) is 0 Å². The zero-order chi connectivity index (χ0) is 16.9. The Bertz CT molecular complexity index is 556. The van der Waals surface area contributed by atoms with Gasteiger partial charge in [0.25, 0.3) is 0 Å². The van der Waals surface area contributed by atoms with Crippen LogP contribution < -0.4 is 0 Å². The highest BCUT2D eigenvalue weighted by atomic mass is 79.9. The first-order chi connectivity index (χ1) is 10.3. The van der Waals surface area contributed by atoms with Crippen LogP contribution in [0.25, 0.3) is 0 Å². The van der Waals surface area contributed by atoms with E-state index >= 15 is 0 Å². The molecule has 0 aliphatic carbocycles. The molecule has 0 aliphatic rings. The van der Waals surface area contributed by atoms with Crippen molar-refractivity contribution < 1.29 is 13.9 Å². The fourth-order valence-electron chi connectivity index (χ4n) is 1.83. The first-order valence-corrected chi connectivity index (χ1v) is 9.06. The zero-order valence-electron chi connectivity index (χ0n) is 12.1. The highest BCUT2D eigenvalue weighted by Crippen LogP contribution is 2.21. The summed E-state index contributed by atoms with van der Waals surface area (Å²) in [5, 5.41) is 9.30. The van der Waals surface area contributed by atoms with Gasteiger partial charge in [0.1, 0.15) is 11.6 Å². The van der Waals surface area contributed by atoms with E-state index in [2.05, 4.69) is 47.8 Å². The van der Waals surface area contributed by atoms with Crippen molar-refractivity contribution in [2.75, 3.05) is 0 Å². The SMILES string of the molecule is Cc1cc(Br)cc(F)c1CBr.Cc1cc(Br)cc(F)c1CO. The minimum Gasteiger partial charge on any atom is -0.392 e. The van der Waals surface area contributed by atoms with Crippen molar-refractivity contribution in [2.24, 2.45) is 0 Å². The van der Waals surface area contributed by atoms with Gasteiger partial charge >= 0.3 is 0 Å². The van der Waals surface area contributed by atoms with Crippen molar-refractivity contribution in [3.8, 4) is 0 Å². The number of hydrogen-bond donors (Lipinski definition) is 1. The lowest BCUT2D eigenvalue weighted by Gasteiger charge is -2.03. The minimum absolute atomic E-state index is 0.159. The third kappa shape index (κ3) is 5.41. The van der Waals surface area contributed by atoms with Crippen LogP contribution in [0.2, 0.25) is 0 Å². The van der Waals surface area contributed by atoms with E-state index in [9.17, 15) is 8.78 Å². The second-order valence-corrected chi connectivity index (χ2v) is 7.05. The summed E-state index contributed by atoms with van der Waals surface area (Å²) in [7, 11) is 0. The number of aryl methyl sites for hydroxylation is 2. The molecule has 6 heteroatoms. The molecule has 120 valence electrons. The van der Waals surface area contributed by atoms with Crippen molar-refractivity contribution in [2.45, 2.75) is 25.8 Å². The number of benzene rings is 2. The van der Waals surface area contributed by atoms with Gasteiger partial charge in [-0.25, -0.2) is 8.78 Å². The minimum atomic E-state index is -0.362. The Kier molecular flexibility index (Phi) is 8.17. The number of aliphatic hydroxyl groups excluding tert-OH is 1. The summed E-state index contributed by atoms with van der Waals surface area (Å²) < 4.78 is 27.5. The second-order valence-electron chi connectivity index (χ2n) is 4.66. The molecule has 2 rings (SSSR count). The third-order valence-electron chi connectivity index (χ3n) is 3.06. The molecule has 0 aromatic heterocycles. The van der Waals surface area contributed by atoms with E-state index in [1.54, 1.807) is 13.0 Å². The normalized spacial score (nSPS) is 10.2. The summed E-state index contributed by atoms with van der Waals surface area (Å²) in [6.45, 7) is 3.41. The van der Waals surface area contributed by atoms with Crippen LogP contribution in [0.1, 0.15) is 22.3 Å². The zero-order valence-corrected chi connectivity index (χ0v) is 16.8. The summed E-state index contributed by atoms with van der Waals surface area (Å²) in [5.74, 6) is -0.520. The Morgan fingerprint density at radius 1 is 0.864 bits per heavy atom. The first kappa shape index (κ1) is 19.7. The number of hydrogen-bond acceptors (Lipinski definition) is 1. The van der Waals surface area contributed by atoms with Gasteiger partial charge in [-0.1, -0.05) is 47.8 Å². The van der Waals surface area contributed by atoms with Gasteiger partial charge in [0, 0.05) is 25.4 Å². The predicted octanol–water partition coefficient (Wildman–Crippen LogP) is 6.18. The van der Waals surface area contributed by atoms with E-state index in [4.69, 9.17) is 5.11 Å². The van der Waals surface area contributed by atoms with Gasteiger partial charge in [-0.2, -0.15) is 0 Å². The molecule has 0 saturated heterocycles. The molecule has 0 heterocycles. The fourth-order valence-corrected chi connectivity index (χ4v) is 3.63. The van der Waals surface area contributed by atoms with Crippen LogP contribution in [0.15, 0.2) is 33.2 Å². The highest BCUT2D eigenvalue weighted by Gasteiger charge is 2.05. The molecule has 0 bridgehead atoms. The summed E-state index contributed by atoms with van der Waals surface area (Å²) in [6, 6.07) is 6.50. The van der Waals surface area contributed by atoms with E-state index in [0.29, 0.717) is 15.4 Å². The summed E-state index contributed by atoms with van der Waals surface area (Å²) in [4.78, 5) is 0. The van der Waals surface area contributed by atoms with Gasteiger partial charge in [-0.3, -0.25) is 0 Å². The Hall–Kier alpha value is -0.300. The average molecular weight is 501 g/mol. The van der Waals surface area contributed by atoms with E-state index in [-0.39, 0.29) is 18.2 Å². The molecule has 22 heavy (non-hydrogen) atoms. The van der Waals surface area contributed by atoms with Crippen molar-refractivity contribution >= 4 is 47.8 Å². The Morgan fingerprint density at radius 3 is 1.59 bits per heavy atom. The van der Waals surface area contributed by atoms with E-state index in [1.165, 1.54) is 12.1 Å². The van der Waals surface area contributed by atoms with Crippen LogP contribution in [-0.4, -0.2) is 5.11 Å². The van der Waals surface area contributed by atoms with Crippen molar-refractivity contribution in [3.05, 3.63) is 67.1 Å². The van der Waals surface area contributed by atoms with Crippen molar-refractivity contribution in [1.29, 1.82) is 0 Å². The summed E-state index contributed by atoms with van der Waals surface area (Å²) in [6.07, 6.45) is 0. The maximum absolute atomic E-state index is 13.1. The van der Waals surface area contributed by atoms with Gasteiger partial charge in [0.15, 0.2) is 0 Å². The predicted molar refractivity (Wildman–Crippen MR) is 96.2 cm³/mol. The molecule has 0 spiro atoms. The standard InChI is InChI=1S/C8H7Br2F.C8H8BrFO/c1-5-2-6(10)3-8(11)7(5)4-9;1-5-2-6(9)3-8(10)7(5)4-11/h2-3H,4H2,1H3;2-3,11H,4H2,1H3. The Morgan fingerprint density at radius 2 is 1.27 bits per heavy atom. The third-order valence-corrected chi connectivity index (χ3v) is 4.53. The maximum Gasteiger partial charge on any atom is 0.130 e. The molecule has 0 radical (unpaired) electrons. The quantitative estimate of drug-likeness (QED) is 0.488. The topological polar surface area (TPSA) is 20.2 Å². The summed E-state index contributed by atoms with van der Waals surface area (Å²) >= 11 is 9.60. The maximum atomic E-state index is 13.1. The Balaban J connectivity index is 0.000000220. The molecule has 2 aromatic carbocycles. The number of alkyl halides is 1. The van der Waals surface area contributed by atoms with Crippen LogP contribution in [0.5, 0.6) is 0 Å². The first-order valence-electron chi connectivity index (χ1n) is 6.36. The molecule has 0 amide bonds. The monoisotopic (exact) mass is 498 g/mol. The molecule has 0 aliphatic heterocycles. The molecule has 0 atom stereocenters. The summed E-state index contributed by atoms with van der Waals surface area (Å²) in [5.41, 5.74) is 2.83.